The summed E-state index contributed by atoms with van der Waals surface area (Å²) in [5.74, 6) is 0. The fraction of sp³-hybridized carbons (Fsp3) is 0.889. The third-order valence-electron chi connectivity index (χ3n) is 2.53. The van der Waals surface area contributed by atoms with Gasteiger partial charge in [0, 0.05) is 0 Å². The topological polar surface area (TPSA) is 38.8 Å². The molecule has 1 saturated heterocycles. The van der Waals surface area contributed by atoms with Gasteiger partial charge in [-0.15, -0.1) is 0 Å². The summed E-state index contributed by atoms with van der Waals surface area (Å²) in [6.45, 7) is 8.95. The van der Waals surface area contributed by atoms with E-state index in [0.717, 1.165) is 13.1 Å². The Balaban J connectivity index is 2.59. The van der Waals surface area contributed by atoms with Gasteiger partial charge in [-0.1, -0.05) is 13.8 Å². The minimum absolute atomic E-state index is 0.155. The highest BCUT2D eigenvalue weighted by Gasteiger charge is 2.37. The largest absolute Gasteiger partial charge is 0.508 e. The third kappa shape index (κ3) is 2.12. The van der Waals surface area contributed by atoms with Crippen LogP contribution in [0.4, 0.5) is 4.79 Å². The summed E-state index contributed by atoms with van der Waals surface area (Å²) < 4.78 is 9.75. The van der Waals surface area contributed by atoms with Crippen molar-refractivity contribution in [1.29, 1.82) is 0 Å². The van der Waals surface area contributed by atoms with Crippen molar-refractivity contribution in [3.05, 3.63) is 0 Å². The molecule has 0 unspecified atom stereocenters. The number of hydrogen-bond donors (Lipinski definition) is 0. The molecule has 1 heterocycles. The maximum atomic E-state index is 10.7. The van der Waals surface area contributed by atoms with E-state index in [-0.39, 0.29) is 5.54 Å². The van der Waals surface area contributed by atoms with Gasteiger partial charge in [-0.3, -0.25) is 4.90 Å². The predicted octanol–water partition coefficient (Wildman–Crippen LogP) is 1.25. The van der Waals surface area contributed by atoms with E-state index in [2.05, 4.69) is 18.7 Å². The summed E-state index contributed by atoms with van der Waals surface area (Å²) in [5.41, 5.74) is -0.155. The molecule has 0 bridgehead atoms. The average molecular weight is 187 g/mol. The lowest BCUT2D eigenvalue weighted by Crippen LogP contribution is -2.56. The van der Waals surface area contributed by atoms with Gasteiger partial charge in [0.25, 0.3) is 0 Å². The van der Waals surface area contributed by atoms with Crippen LogP contribution >= 0.6 is 0 Å². The van der Waals surface area contributed by atoms with Crippen LogP contribution in [-0.2, 0) is 9.47 Å². The number of hydrogen-bond acceptors (Lipinski definition) is 4. The minimum Gasteiger partial charge on any atom is -0.432 e. The first-order valence-electron chi connectivity index (χ1n) is 4.67. The van der Waals surface area contributed by atoms with Crippen molar-refractivity contribution >= 4 is 6.16 Å². The van der Waals surface area contributed by atoms with Crippen molar-refractivity contribution in [3.63, 3.8) is 0 Å². The van der Waals surface area contributed by atoms with Crippen molar-refractivity contribution in [3.8, 4) is 0 Å². The normalized spacial score (nSPS) is 21.1. The molecule has 0 aliphatic carbocycles. The molecule has 0 saturated carbocycles. The van der Waals surface area contributed by atoms with Gasteiger partial charge in [0.15, 0.2) is 0 Å². The predicted molar refractivity (Wildman–Crippen MR) is 48.6 cm³/mol. The Morgan fingerprint density at radius 1 is 1.31 bits per heavy atom. The molecule has 4 nitrogen and oxygen atoms in total. The molecule has 0 aromatic rings. The van der Waals surface area contributed by atoms with E-state index in [1.54, 1.807) is 0 Å². The average Bonchev–Trinajstić information content (AvgIpc) is 2.13. The second kappa shape index (κ2) is 3.96. The van der Waals surface area contributed by atoms with Gasteiger partial charge in [0.05, 0.1) is 5.54 Å². The Morgan fingerprint density at radius 3 is 2.15 bits per heavy atom. The second-order valence-corrected chi connectivity index (χ2v) is 3.50. The molecule has 0 radical (unpaired) electrons. The molecular weight excluding hydrogens is 170 g/mol. The van der Waals surface area contributed by atoms with Crippen LogP contribution in [0.2, 0.25) is 0 Å². The van der Waals surface area contributed by atoms with Crippen LogP contribution in [0, 0.1) is 0 Å². The van der Waals surface area contributed by atoms with Gasteiger partial charge in [0.2, 0.25) is 0 Å². The van der Waals surface area contributed by atoms with Gasteiger partial charge in [0.1, 0.15) is 13.2 Å². The Kier molecular flexibility index (Phi) is 3.14. The van der Waals surface area contributed by atoms with Crippen LogP contribution in [0.1, 0.15) is 20.8 Å². The molecule has 76 valence electrons. The van der Waals surface area contributed by atoms with Crippen LogP contribution in [0.25, 0.3) is 0 Å². The number of ether oxygens (including phenoxy) is 2. The number of carbonyl (C=O) groups excluding carboxylic acids is 1. The first kappa shape index (κ1) is 10.3. The van der Waals surface area contributed by atoms with Gasteiger partial charge in [-0.05, 0) is 20.0 Å². The Bertz CT molecular complexity index is 179. The minimum atomic E-state index is -0.551. The number of nitrogens with zero attached hydrogens (tertiary/aromatic N) is 1. The number of likely N-dealkylation sites (N-methyl/N-ethyl adjacent to an activating group) is 1. The fourth-order valence-corrected chi connectivity index (χ4v) is 1.68. The standard InChI is InChI=1S/C9H17NO3/c1-4-10(5-2)9(3)6-12-8(11)13-7-9/h4-7H2,1-3H3. The van der Waals surface area contributed by atoms with E-state index < -0.39 is 6.16 Å². The molecule has 0 aromatic heterocycles. The highest BCUT2D eigenvalue weighted by atomic mass is 16.7. The van der Waals surface area contributed by atoms with Crippen molar-refractivity contribution in [2.45, 2.75) is 26.3 Å². The maximum Gasteiger partial charge on any atom is 0.508 e. The van der Waals surface area contributed by atoms with E-state index in [1.807, 2.05) is 6.92 Å². The van der Waals surface area contributed by atoms with Crippen molar-refractivity contribution in [1.82, 2.24) is 4.90 Å². The second-order valence-electron chi connectivity index (χ2n) is 3.50. The zero-order chi connectivity index (χ0) is 9.90. The summed E-state index contributed by atoms with van der Waals surface area (Å²) >= 11 is 0. The van der Waals surface area contributed by atoms with E-state index in [4.69, 9.17) is 9.47 Å². The molecule has 1 fully saturated rings. The van der Waals surface area contributed by atoms with Gasteiger partial charge < -0.3 is 9.47 Å². The summed E-state index contributed by atoms with van der Waals surface area (Å²) in [6, 6.07) is 0. The molecule has 4 heteroatoms. The van der Waals surface area contributed by atoms with E-state index in [9.17, 15) is 4.79 Å². The SMILES string of the molecule is CCN(CC)C1(C)COC(=O)OC1. The van der Waals surface area contributed by atoms with E-state index >= 15 is 0 Å². The van der Waals surface area contributed by atoms with Crippen LogP contribution in [0.3, 0.4) is 0 Å². The van der Waals surface area contributed by atoms with Crippen molar-refractivity contribution < 1.29 is 14.3 Å². The number of rotatable bonds is 3. The van der Waals surface area contributed by atoms with Crippen LogP contribution in [-0.4, -0.2) is 42.9 Å². The van der Waals surface area contributed by atoms with E-state index in [0.29, 0.717) is 13.2 Å². The van der Waals surface area contributed by atoms with Crippen LogP contribution in [0.15, 0.2) is 0 Å². The van der Waals surface area contributed by atoms with Gasteiger partial charge in [-0.2, -0.15) is 0 Å². The monoisotopic (exact) mass is 187 g/mol. The molecule has 0 atom stereocenters. The van der Waals surface area contributed by atoms with Crippen LogP contribution < -0.4 is 0 Å². The smallest absolute Gasteiger partial charge is 0.432 e. The Morgan fingerprint density at radius 2 is 1.77 bits per heavy atom. The highest BCUT2D eigenvalue weighted by Crippen LogP contribution is 2.20. The molecule has 13 heavy (non-hydrogen) atoms. The molecule has 0 amide bonds. The fourth-order valence-electron chi connectivity index (χ4n) is 1.68. The number of cyclic esters (lactones) is 2. The molecule has 0 spiro atoms. The summed E-state index contributed by atoms with van der Waals surface area (Å²) in [5, 5.41) is 0. The lowest BCUT2D eigenvalue weighted by atomic mass is 10.0. The summed E-state index contributed by atoms with van der Waals surface area (Å²) in [6.07, 6.45) is -0.551. The highest BCUT2D eigenvalue weighted by molar-refractivity contribution is 5.60. The summed E-state index contributed by atoms with van der Waals surface area (Å²) in [4.78, 5) is 12.9. The van der Waals surface area contributed by atoms with Crippen molar-refractivity contribution in [2.24, 2.45) is 0 Å². The van der Waals surface area contributed by atoms with Gasteiger partial charge in [-0.25, -0.2) is 4.79 Å². The number of carbonyl (C=O) groups is 1. The Hall–Kier alpha value is -0.770. The quantitative estimate of drug-likeness (QED) is 0.623. The lowest BCUT2D eigenvalue weighted by Gasteiger charge is -2.41. The molecule has 0 N–H and O–H groups in total. The van der Waals surface area contributed by atoms with Gasteiger partial charge >= 0.3 is 6.16 Å². The lowest BCUT2D eigenvalue weighted by molar-refractivity contribution is -0.0763. The first-order valence-corrected chi connectivity index (χ1v) is 4.67. The summed E-state index contributed by atoms with van der Waals surface area (Å²) in [7, 11) is 0. The molecule has 1 rings (SSSR count). The Labute approximate surface area is 78.8 Å². The van der Waals surface area contributed by atoms with E-state index in [1.165, 1.54) is 0 Å². The molecule has 1 aliphatic heterocycles. The first-order chi connectivity index (χ1) is 6.12. The molecule has 0 aromatic carbocycles. The molecular formula is C9H17NO3. The molecule has 1 aliphatic rings. The van der Waals surface area contributed by atoms with Crippen molar-refractivity contribution in [2.75, 3.05) is 26.3 Å². The third-order valence-corrected chi connectivity index (χ3v) is 2.53. The zero-order valence-corrected chi connectivity index (χ0v) is 8.50. The van der Waals surface area contributed by atoms with Crippen LogP contribution in [0.5, 0.6) is 0 Å². The zero-order valence-electron chi connectivity index (χ0n) is 8.50. The maximum absolute atomic E-state index is 10.7.